The topological polar surface area (TPSA) is 132 Å². The minimum absolute atomic E-state index is 0.0432. The summed E-state index contributed by atoms with van der Waals surface area (Å²) in [5.74, 6) is 0.139. The van der Waals surface area contributed by atoms with E-state index in [2.05, 4.69) is 72.7 Å². The Kier molecular flexibility index (Phi) is 9.22. The third-order valence-electron chi connectivity index (χ3n) is 8.76. The number of nitro benzene ring substituents is 1. The molecule has 2 heterocycles. The number of aromatic nitrogens is 2. The Morgan fingerprint density at radius 2 is 1.70 bits per heavy atom. The second-order valence-corrected chi connectivity index (χ2v) is 23.3. The molecule has 1 aliphatic heterocycles. The van der Waals surface area contributed by atoms with Crippen molar-refractivity contribution in [3.63, 3.8) is 0 Å². The summed E-state index contributed by atoms with van der Waals surface area (Å²) in [5.41, 5.74) is 5.85. The van der Waals surface area contributed by atoms with E-state index in [-0.39, 0.29) is 32.9 Å². The molecule has 10 nitrogen and oxygen atoms in total. The Balaban J connectivity index is 2.11. The van der Waals surface area contributed by atoms with E-state index in [4.69, 9.17) is 19.3 Å². The lowest BCUT2D eigenvalue weighted by atomic mass is 9.99. The molecule has 2 N–H and O–H groups in total. The molecule has 222 valence electrons. The Hall–Kier alpha value is -2.39. The van der Waals surface area contributed by atoms with Gasteiger partial charge in [0.05, 0.1) is 17.1 Å². The number of nitrogens with two attached hydrogens (primary N) is 1. The molecule has 1 aliphatic rings. The molecule has 4 atom stereocenters. The molecule has 0 radical (unpaired) electrons. The van der Waals surface area contributed by atoms with Gasteiger partial charge in [-0.1, -0.05) is 59.7 Å². The van der Waals surface area contributed by atoms with Crippen LogP contribution in [0.5, 0.6) is 0 Å². The van der Waals surface area contributed by atoms with Crippen LogP contribution in [-0.2, 0) is 20.0 Å². The van der Waals surface area contributed by atoms with Gasteiger partial charge in [-0.05, 0) is 42.3 Å². The molecular weight excluding hydrogens is 545 g/mol. The predicted octanol–water partition coefficient (Wildman–Crippen LogP) is 6.04. The summed E-state index contributed by atoms with van der Waals surface area (Å²) in [7, 11) is -4.65. The van der Waals surface area contributed by atoms with Gasteiger partial charge in [0, 0.05) is 30.7 Å². The van der Waals surface area contributed by atoms with E-state index in [0.717, 1.165) is 0 Å². The van der Waals surface area contributed by atoms with Crippen molar-refractivity contribution >= 4 is 28.1 Å². The highest BCUT2D eigenvalue weighted by Gasteiger charge is 2.50. The second kappa shape index (κ2) is 11.5. The zero-order chi connectivity index (χ0) is 30.3. The van der Waals surface area contributed by atoms with Gasteiger partial charge >= 0.3 is 5.69 Å². The SMILES string of the molecule is CC(C)(C)[Si](C)(C)OC(Cc1ccccc1[N+](=O)[O-])[C@H]1O[C@@H](n2ccc(N)nc2=O)C[C@@H]1O[Si](C)(C)C(C)(C)C. The highest BCUT2D eigenvalue weighted by atomic mass is 28.4. The van der Waals surface area contributed by atoms with E-state index in [1.165, 1.54) is 10.6 Å². The number of para-hydroxylation sites is 1. The Morgan fingerprint density at radius 3 is 2.25 bits per heavy atom. The minimum atomic E-state index is -2.37. The lowest BCUT2D eigenvalue weighted by molar-refractivity contribution is -0.385. The van der Waals surface area contributed by atoms with E-state index >= 15 is 0 Å². The first-order valence-electron chi connectivity index (χ1n) is 13.8. The van der Waals surface area contributed by atoms with E-state index in [1.807, 2.05) is 0 Å². The van der Waals surface area contributed by atoms with Gasteiger partial charge in [0.15, 0.2) is 16.6 Å². The number of rotatable bonds is 9. The van der Waals surface area contributed by atoms with E-state index in [0.29, 0.717) is 12.0 Å². The molecule has 1 aromatic heterocycles. The maximum atomic E-state index is 12.8. The third kappa shape index (κ3) is 7.08. The zero-order valence-corrected chi connectivity index (χ0v) is 27.6. The first kappa shape index (κ1) is 32.1. The van der Waals surface area contributed by atoms with Crippen LogP contribution in [0.1, 0.15) is 59.8 Å². The van der Waals surface area contributed by atoms with Gasteiger partial charge in [-0.25, -0.2) is 4.79 Å². The van der Waals surface area contributed by atoms with Crippen molar-refractivity contribution in [1.82, 2.24) is 9.55 Å². The molecule has 0 saturated carbocycles. The van der Waals surface area contributed by atoms with Crippen molar-refractivity contribution in [2.24, 2.45) is 0 Å². The molecule has 0 aliphatic carbocycles. The number of hydrogen-bond acceptors (Lipinski definition) is 8. The van der Waals surface area contributed by atoms with Crippen LogP contribution in [0, 0.1) is 10.1 Å². The standard InChI is InChI=1S/C28H46N4O6Si2/c1-27(2,3)39(7,8)37-21(17-19-13-11-12-14-20(19)32(34)35)25-22(38-40(9,10)28(4,5)6)18-24(36-25)31-16-15-23(29)30-26(31)33/h11-16,21-22,24-25H,17-18H2,1-10H3,(H2,29,30,33)/t21?,22-,24+,25+/m0/s1. The highest BCUT2D eigenvalue weighted by molar-refractivity contribution is 6.74. The summed E-state index contributed by atoms with van der Waals surface area (Å²) in [6.07, 6.45) is 0.123. The summed E-state index contributed by atoms with van der Waals surface area (Å²) in [5, 5.41) is 11.7. The molecule has 0 spiro atoms. The van der Waals surface area contributed by atoms with Crippen molar-refractivity contribution in [2.45, 2.75) is 115 Å². The first-order chi connectivity index (χ1) is 18.2. The maximum absolute atomic E-state index is 12.8. The van der Waals surface area contributed by atoms with Crippen LogP contribution >= 0.6 is 0 Å². The maximum Gasteiger partial charge on any atom is 0.351 e. The third-order valence-corrected chi connectivity index (χ3v) is 17.8. The molecule has 40 heavy (non-hydrogen) atoms. The molecule has 0 amide bonds. The van der Waals surface area contributed by atoms with Crippen LogP contribution in [0.3, 0.4) is 0 Å². The number of nitrogen functional groups attached to an aromatic ring is 1. The summed E-state index contributed by atoms with van der Waals surface area (Å²) in [6.45, 7) is 21.7. The van der Waals surface area contributed by atoms with Crippen molar-refractivity contribution < 1.29 is 18.5 Å². The van der Waals surface area contributed by atoms with Gasteiger partial charge in [-0.2, -0.15) is 4.98 Å². The fraction of sp³-hybridized carbons (Fsp3) is 0.643. The molecule has 1 aromatic carbocycles. The van der Waals surface area contributed by atoms with Gasteiger partial charge in [0.25, 0.3) is 5.69 Å². The monoisotopic (exact) mass is 590 g/mol. The van der Waals surface area contributed by atoms with Crippen molar-refractivity contribution in [3.8, 4) is 0 Å². The average Bonchev–Trinajstić information content (AvgIpc) is 3.19. The number of nitro groups is 1. The molecule has 3 rings (SSSR count). The van der Waals surface area contributed by atoms with Crippen molar-refractivity contribution in [2.75, 3.05) is 5.73 Å². The van der Waals surface area contributed by atoms with Gasteiger partial charge in [0.1, 0.15) is 18.1 Å². The number of ether oxygens (including phenoxy) is 1. The Morgan fingerprint density at radius 1 is 1.10 bits per heavy atom. The summed E-state index contributed by atoms with van der Waals surface area (Å²) in [6, 6.07) is 8.31. The van der Waals surface area contributed by atoms with E-state index in [9.17, 15) is 14.9 Å². The molecule has 2 aromatic rings. The predicted molar refractivity (Wildman–Crippen MR) is 162 cm³/mol. The van der Waals surface area contributed by atoms with Gasteiger partial charge in [-0.3, -0.25) is 14.7 Å². The van der Waals surface area contributed by atoms with Crippen molar-refractivity contribution in [3.05, 3.63) is 62.7 Å². The Bertz CT molecular complexity index is 1270. The number of anilines is 1. The minimum Gasteiger partial charge on any atom is -0.411 e. The van der Waals surface area contributed by atoms with Crippen molar-refractivity contribution in [1.29, 1.82) is 0 Å². The molecule has 1 unspecified atom stereocenters. The highest BCUT2D eigenvalue weighted by Crippen LogP contribution is 2.44. The molecule has 1 saturated heterocycles. The molecule has 0 bridgehead atoms. The largest absolute Gasteiger partial charge is 0.411 e. The number of benzene rings is 1. The average molecular weight is 591 g/mol. The number of hydrogen-bond donors (Lipinski definition) is 1. The molecule has 12 heteroatoms. The quantitative estimate of drug-likeness (QED) is 0.212. The van der Waals surface area contributed by atoms with Gasteiger partial charge in [-0.15, -0.1) is 0 Å². The lowest BCUT2D eigenvalue weighted by Gasteiger charge is -2.43. The van der Waals surface area contributed by atoms with Crippen LogP contribution in [0.25, 0.3) is 0 Å². The van der Waals surface area contributed by atoms with E-state index in [1.54, 1.807) is 30.5 Å². The summed E-state index contributed by atoms with van der Waals surface area (Å²) in [4.78, 5) is 28.2. The molecule has 1 fully saturated rings. The van der Waals surface area contributed by atoms with Crippen LogP contribution in [0.4, 0.5) is 11.5 Å². The molecular formula is C28H46N4O6Si2. The normalized spacial score (nSPS) is 21.4. The van der Waals surface area contributed by atoms with Crippen LogP contribution < -0.4 is 11.4 Å². The Labute approximate surface area is 239 Å². The van der Waals surface area contributed by atoms with Crippen LogP contribution in [0.2, 0.25) is 36.3 Å². The first-order valence-corrected chi connectivity index (χ1v) is 19.6. The second-order valence-electron chi connectivity index (χ2n) is 13.8. The number of nitrogens with zero attached hydrogens (tertiary/aromatic N) is 3. The fourth-order valence-corrected chi connectivity index (χ4v) is 7.01. The smallest absolute Gasteiger partial charge is 0.351 e. The zero-order valence-electron chi connectivity index (χ0n) is 25.6. The van der Waals surface area contributed by atoms with Gasteiger partial charge < -0.3 is 19.3 Å². The van der Waals surface area contributed by atoms with Gasteiger partial charge in [0.2, 0.25) is 0 Å². The van der Waals surface area contributed by atoms with Crippen LogP contribution in [-0.4, -0.2) is 49.4 Å². The summed E-state index contributed by atoms with van der Waals surface area (Å²) >= 11 is 0. The fourth-order valence-electron chi connectivity index (χ4n) is 4.34. The lowest BCUT2D eigenvalue weighted by Crippen LogP contribution is -2.52. The van der Waals surface area contributed by atoms with E-state index < -0.39 is 46.9 Å². The summed E-state index contributed by atoms with van der Waals surface area (Å²) < 4.78 is 22.0. The van der Waals surface area contributed by atoms with Crippen LogP contribution in [0.15, 0.2) is 41.3 Å².